The lowest BCUT2D eigenvalue weighted by atomic mass is 9.97. The molecule has 2 amide bonds. The lowest BCUT2D eigenvalue weighted by Crippen LogP contribution is -2.44. The Kier molecular flexibility index (Phi) is 4.28. The Hall–Kier alpha value is -2.52. The van der Waals surface area contributed by atoms with E-state index in [0.717, 1.165) is 4.90 Å². The van der Waals surface area contributed by atoms with Gasteiger partial charge < -0.3 is 15.0 Å². The van der Waals surface area contributed by atoms with Gasteiger partial charge in [-0.05, 0) is 20.3 Å². The number of hydrogen-bond donors (Lipinski definition) is 1. The number of halogens is 2. The molecule has 148 valence electrons. The van der Waals surface area contributed by atoms with Gasteiger partial charge in [-0.2, -0.15) is 5.10 Å². The average Bonchev–Trinajstić information content (AvgIpc) is 2.95. The summed E-state index contributed by atoms with van der Waals surface area (Å²) in [5, 5.41) is 6.40. The highest BCUT2D eigenvalue weighted by atomic mass is 19.3. The predicted molar refractivity (Wildman–Crippen MR) is 89.9 cm³/mol. The molecule has 27 heavy (non-hydrogen) atoms. The smallest absolute Gasteiger partial charge is 0.333 e. The summed E-state index contributed by atoms with van der Waals surface area (Å²) < 4.78 is 33.6. The number of nitrogens with zero attached hydrogens (tertiary/aromatic N) is 3. The molecule has 1 aliphatic carbocycles. The summed E-state index contributed by atoms with van der Waals surface area (Å²) >= 11 is 0. The Morgan fingerprint density at radius 1 is 1.37 bits per heavy atom. The monoisotopic (exact) mass is 384 g/mol. The van der Waals surface area contributed by atoms with Crippen molar-refractivity contribution in [3.8, 4) is 0 Å². The highest BCUT2D eigenvalue weighted by Gasteiger charge is 2.78. The summed E-state index contributed by atoms with van der Waals surface area (Å²) in [6.07, 6.45) is 2.84. The molecule has 1 saturated heterocycles. The second kappa shape index (κ2) is 6.00. The zero-order valence-corrected chi connectivity index (χ0v) is 15.6. The van der Waals surface area contributed by atoms with Gasteiger partial charge in [0.15, 0.2) is 5.54 Å². The average molecular weight is 384 g/mol. The number of fused-ring (bicyclic) bond motifs is 1. The third kappa shape index (κ3) is 2.87. The van der Waals surface area contributed by atoms with Gasteiger partial charge in [0.2, 0.25) is 0 Å². The molecule has 2 atom stereocenters. The molecule has 2 aliphatic rings. The van der Waals surface area contributed by atoms with Crippen LogP contribution in [-0.4, -0.2) is 58.6 Å². The van der Waals surface area contributed by atoms with Crippen LogP contribution in [-0.2, 0) is 24.7 Å². The van der Waals surface area contributed by atoms with E-state index < -0.39 is 40.6 Å². The van der Waals surface area contributed by atoms with E-state index in [1.807, 2.05) is 0 Å². The minimum atomic E-state index is -2.79. The highest BCUT2D eigenvalue weighted by Crippen LogP contribution is 2.69. The van der Waals surface area contributed by atoms with Crippen LogP contribution < -0.4 is 5.32 Å². The molecule has 0 spiro atoms. The SMILES string of the molecule is COC(=O)C(C)(C)n1cc(NC(=O)C(=O)N2CCC3(C)C(C2)C3(F)F)cn1. The molecule has 1 aliphatic heterocycles. The topological polar surface area (TPSA) is 93.5 Å². The number of rotatable bonds is 3. The Morgan fingerprint density at radius 3 is 2.63 bits per heavy atom. The van der Waals surface area contributed by atoms with Gasteiger partial charge in [-0.25, -0.2) is 13.6 Å². The first-order valence-corrected chi connectivity index (χ1v) is 8.57. The maximum atomic E-state index is 13.8. The van der Waals surface area contributed by atoms with E-state index in [1.54, 1.807) is 13.8 Å². The van der Waals surface area contributed by atoms with Crippen molar-refractivity contribution in [2.45, 2.75) is 38.7 Å². The van der Waals surface area contributed by atoms with Gasteiger partial charge in [0, 0.05) is 24.7 Å². The van der Waals surface area contributed by atoms with Crippen LogP contribution in [0.2, 0.25) is 0 Å². The molecule has 1 aromatic heterocycles. The first-order chi connectivity index (χ1) is 12.4. The number of ether oxygens (including phenoxy) is 1. The third-order valence-electron chi connectivity index (χ3n) is 5.77. The van der Waals surface area contributed by atoms with E-state index in [-0.39, 0.29) is 25.2 Å². The van der Waals surface area contributed by atoms with Crippen molar-refractivity contribution in [3.05, 3.63) is 12.4 Å². The first-order valence-electron chi connectivity index (χ1n) is 8.57. The van der Waals surface area contributed by atoms with Crippen LogP contribution in [0.25, 0.3) is 0 Å². The Morgan fingerprint density at radius 2 is 2.04 bits per heavy atom. The number of nitrogens with one attached hydrogen (secondary N) is 1. The summed E-state index contributed by atoms with van der Waals surface area (Å²) in [4.78, 5) is 37.5. The Balaban J connectivity index is 1.63. The van der Waals surface area contributed by atoms with Gasteiger partial charge in [0.25, 0.3) is 5.92 Å². The molecule has 1 N–H and O–H groups in total. The number of piperidine rings is 1. The number of aromatic nitrogens is 2. The van der Waals surface area contributed by atoms with Crippen molar-refractivity contribution in [1.82, 2.24) is 14.7 Å². The number of alkyl halides is 2. The van der Waals surface area contributed by atoms with Gasteiger partial charge in [-0.3, -0.25) is 14.3 Å². The van der Waals surface area contributed by atoms with E-state index in [4.69, 9.17) is 4.74 Å². The van der Waals surface area contributed by atoms with Crippen molar-refractivity contribution < 1.29 is 27.9 Å². The van der Waals surface area contributed by atoms with Gasteiger partial charge in [0.1, 0.15) is 0 Å². The van der Waals surface area contributed by atoms with Crippen LogP contribution in [0.5, 0.6) is 0 Å². The maximum Gasteiger partial charge on any atom is 0.333 e. The number of likely N-dealkylation sites (tertiary alicyclic amines) is 1. The third-order valence-corrected chi connectivity index (χ3v) is 5.77. The fraction of sp³-hybridized carbons (Fsp3) is 0.647. The first kappa shape index (κ1) is 19.2. The summed E-state index contributed by atoms with van der Waals surface area (Å²) in [6, 6.07) is 0. The Labute approximate surface area is 154 Å². The molecule has 0 bridgehead atoms. The summed E-state index contributed by atoms with van der Waals surface area (Å²) in [7, 11) is 1.25. The van der Waals surface area contributed by atoms with Gasteiger partial charge in [-0.15, -0.1) is 0 Å². The molecule has 1 saturated carbocycles. The van der Waals surface area contributed by atoms with Crippen molar-refractivity contribution in [3.63, 3.8) is 0 Å². The van der Waals surface area contributed by atoms with Gasteiger partial charge in [-0.1, -0.05) is 6.92 Å². The van der Waals surface area contributed by atoms with Crippen LogP contribution in [0, 0.1) is 11.3 Å². The molecule has 0 radical (unpaired) electrons. The minimum Gasteiger partial charge on any atom is -0.467 e. The molecule has 2 unspecified atom stereocenters. The van der Waals surface area contributed by atoms with Crippen LogP contribution in [0.15, 0.2) is 12.4 Å². The van der Waals surface area contributed by atoms with Crippen LogP contribution in [0.4, 0.5) is 14.5 Å². The number of carbonyl (C=O) groups excluding carboxylic acids is 3. The largest absolute Gasteiger partial charge is 0.467 e. The van der Waals surface area contributed by atoms with E-state index in [0.29, 0.717) is 0 Å². The number of hydrogen-bond acceptors (Lipinski definition) is 5. The Bertz CT molecular complexity index is 807. The molecule has 8 nitrogen and oxygen atoms in total. The van der Waals surface area contributed by atoms with E-state index in [1.165, 1.54) is 31.1 Å². The molecular formula is C17H22F2N4O4. The second-order valence-corrected chi connectivity index (χ2v) is 7.77. The molecule has 0 aromatic carbocycles. The van der Waals surface area contributed by atoms with Gasteiger partial charge in [0.05, 0.1) is 24.9 Å². The van der Waals surface area contributed by atoms with E-state index in [9.17, 15) is 23.2 Å². The minimum absolute atomic E-state index is 0.115. The molecule has 3 rings (SSSR count). The van der Waals surface area contributed by atoms with Crippen molar-refractivity contribution in [2.24, 2.45) is 11.3 Å². The number of carbonyl (C=O) groups is 3. The lowest BCUT2D eigenvalue weighted by molar-refractivity contribution is -0.150. The summed E-state index contributed by atoms with van der Waals surface area (Å²) in [5.74, 6) is -6.02. The molecule has 1 aromatic rings. The zero-order chi connectivity index (χ0) is 20.2. The molecule has 2 heterocycles. The summed E-state index contributed by atoms with van der Waals surface area (Å²) in [6.45, 7) is 4.66. The number of amides is 2. The van der Waals surface area contributed by atoms with Crippen LogP contribution in [0.1, 0.15) is 27.2 Å². The fourth-order valence-corrected chi connectivity index (χ4v) is 3.56. The maximum absolute atomic E-state index is 13.8. The zero-order valence-electron chi connectivity index (χ0n) is 15.6. The fourth-order valence-electron chi connectivity index (χ4n) is 3.56. The normalized spacial score (nSPS) is 26.1. The highest BCUT2D eigenvalue weighted by molar-refractivity contribution is 6.39. The van der Waals surface area contributed by atoms with Crippen LogP contribution in [0.3, 0.4) is 0 Å². The number of anilines is 1. The standard InChI is InChI=1S/C17H22F2N4O4/c1-15(2,14(26)27-4)23-8-10(7-20-23)21-12(24)13(25)22-6-5-16(3)11(9-22)17(16,18)19/h7-8,11H,5-6,9H2,1-4H3,(H,21,24). The molecular weight excluding hydrogens is 362 g/mol. The van der Waals surface area contributed by atoms with Crippen molar-refractivity contribution in [1.29, 1.82) is 0 Å². The second-order valence-electron chi connectivity index (χ2n) is 7.77. The van der Waals surface area contributed by atoms with Gasteiger partial charge >= 0.3 is 17.8 Å². The lowest BCUT2D eigenvalue weighted by Gasteiger charge is -2.27. The quantitative estimate of drug-likeness (QED) is 0.625. The van der Waals surface area contributed by atoms with Crippen molar-refractivity contribution in [2.75, 3.05) is 25.5 Å². The van der Waals surface area contributed by atoms with E-state index in [2.05, 4.69) is 10.4 Å². The molecule has 10 heteroatoms. The van der Waals surface area contributed by atoms with E-state index >= 15 is 0 Å². The van der Waals surface area contributed by atoms with Crippen molar-refractivity contribution >= 4 is 23.5 Å². The van der Waals surface area contributed by atoms with Crippen LogP contribution >= 0.6 is 0 Å². The number of esters is 1. The molecule has 2 fully saturated rings. The predicted octanol–water partition coefficient (Wildman–Crippen LogP) is 1.23. The summed E-state index contributed by atoms with van der Waals surface area (Å²) in [5.41, 5.74) is -1.96. The number of methoxy groups -OCH3 is 1.